The molecule has 1 saturated heterocycles. The highest BCUT2D eigenvalue weighted by molar-refractivity contribution is 6.31. The number of nitrogens with one attached hydrogen (secondary N) is 1. The third kappa shape index (κ3) is 5.39. The fourth-order valence-corrected chi connectivity index (χ4v) is 3.53. The minimum Gasteiger partial charge on any atom is -0.495 e. The first-order chi connectivity index (χ1) is 14.8. The summed E-state index contributed by atoms with van der Waals surface area (Å²) in [6.07, 6.45) is -0.0434. The molecule has 0 spiro atoms. The molecule has 1 atom stereocenters. The van der Waals surface area contributed by atoms with Crippen molar-refractivity contribution in [3.63, 3.8) is 0 Å². The van der Waals surface area contributed by atoms with Gasteiger partial charge in [0.2, 0.25) is 5.91 Å². The van der Waals surface area contributed by atoms with Crippen molar-refractivity contribution in [2.75, 3.05) is 37.6 Å². The zero-order valence-corrected chi connectivity index (χ0v) is 18.3. The highest BCUT2D eigenvalue weighted by Gasteiger charge is 2.37. The van der Waals surface area contributed by atoms with Gasteiger partial charge in [-0.15, -0.1) is 0 Å². The van der Waals surface area contributed by atoms with E-state index in [0.29, 0.717) is 32.9 Å². The lowest BCUT2D eigenvalue weighted by atomic mass is 10.1. The number of hydrogen-bond donors (Lipinski definition) is 1. The molecule has 0 aliphatic carbocycles. The summed E-state index contributed by atoms with van der Waals surface area (Å²) in [5, 5.41) is 3.42. The number of halogens is 2. The summed E-state index contributed by atoms with van der Waals surface area (Å²) in [4.78, 5) is 38.5. The number of anilines is 2. The topological polar surface area (TPSA) is 94.2 Å². The van der Waals surface area contributed by atoms with Gasteiger partial charge in [0, 0.05) is 23.0 Å². The van der Waals surface area contributed by atoms with Gasteiger partial charge in [-0.1, -0.05) is 23.2 Å². The van der Waals surface area contributed by atoms with Gasteiger partial charge in [0.1, 0.15) is 11.5 Å². The van der Waals surface area contributed by atoms with Crippen molar-refractivity contribution >= 4 is 52.4 Å². The van der Waals surface area contributed by atoms with E-state index in [-0.39, 0.29) is 18.9 Å². The van der Waals surface area contributed by atoms with E-state index in [1.54, 1.807) is 30.3 Å². The molecule has 10 heteroatoms. The Kier molecular flexibility index (Phi) is 7.25. The molecule has 1 aliphatic heterocycles. The van der Waals surface area contributed by atoms with Crippen molar-refractivity contribution < 1.29 is 28.6 Å². The Morgan fingerprint density at radius 1 is 1.06 bits per heavy atom. The first kappa shape index (κ1) is 22.7. The summed E-state index contributed by atoms with van der Waals surface area (Å²) < 4.78 is 15.6. The maximum absolute atomic E-state index is 12.5. The highest BCUT2D eigenvalue weighted by Crippen LogP contribution is 2.35. The Balaban J connectivity index is 1.59. The monoisotopic (exact) mass is 466 g/mol. The number of carbonyl (C=O) groups is 3. The molecular formula is C21H20Cl2N2O6. The maximum Gasteiger partial charge on any atom is 0.311 e. The zero-order chi connectivity index (χ0) is 22.5. The van der Waals surface area contributed by atoms with E-state index >= 15 is 0 Å². The summed E-state index contributed by atoms with van der Waals surface area (Å²) in [7, 11) is 2.93. The second-order valence-corrected chi connectivity index (χ2v) is 7.59. The van der Waals surface area contributed by atoms with Crippen LogP contribution in [0.25, 0.3) is 0 Å². The van der Waals surface area contributed by atoms with Gasteiger partial charge in [-0.05, 0) is 36.4 Å². The molecule has 2 amide bonds. The molecule has 0 bridgehead atoms. The Morgan fingerprint density at radius 3 is 2.39 bits per heavy atom. The number of rotatable bonds is 7. The quantitative estimate of drug-likeness (QED) is 0.627. The van der Waals surface area contributed by atoms with Crippen LogP contribution in [-0.4, -0.2) is 45.2 Å². The summed E-state index contributed by atoms with van der Waals surface area (Å²) >= 11 is 12.0. The fourth-order valence-electron chi connectivity index (χ4n) is 3.19. The first-order valence-electron chi connectivity index (χ1n) is 9.26. The van der Waals surface area contributed by atoms with Gasteiger partial charge in [-0.25, -0.2) is 0 Å². The van der Waals surface area contributed by atoms with Crippen molar-refractivity contribution in [1.82, 2.24) is 0 Å². The summed E-state index contributed by atoms with van der Waals surface area (Å²) in [6, 6.07) is 9.62. The van der Waals surface area contributed by atoms with Crippen molar-refractivity contribution in [3.8, 4) is 11.5 Å². The first-order valence-corrected chi connectivity index (χ1v) is 10.0. The molecule has 1 aliphatic rings. The van der Waals surface area contributed by atoms with Crippen LogP contribution >= 0.6 is 23.2 Å². The molecule has 0 unspecified atom stereocenters. The van der Waals surface area contributed by atoms with Crippen LogP contribution in [0, 0.1) is 5.92 Å². The van der Waals surface area contributed by atoms with E-state index in [2.05, 4.69) is 5.32 Å². The van der Waals surface area contributed by atoms with Crippen LogP contribution in [0.3, 0.4) is 0 Å². The Bertz CT molecular complexity index is 1010. The third-order valence-corrected chi connectivity index (χ3v) is 5.14. The molecule has 0 radical (unpaired) electrons. The molecule has 1 N–H and O–H groups in total. The number of nitrogens with zero attached hydrogens (tertiary/aromatic N) is 1. The number of esters is 1. The minimum absolute atomic E-state index is 0.0434. The van der Waals surface area contributed by atoms with Gasteiger partial charge in [0.05, 0.1) is 31.5 Å². The normalized spacial score (nSPS) is 15.5. The molecule has 1 heterocycles. The predicted molar refractivity (Wildman–Crippen MR) is 116 cm³/mol. The van der Waals surface area contributed by atoms with Crippen LogP contribution in [0.5, 0.6) is 11.5 Å². The van der Waals surface area contributed by atoms with E-state index in [4.69, 9.17) is 37.4 Å². The average Bonchev–Trinajstić information content (AvgIpc) is 3.13. The van der Waals surface area contributed by atoms with Gasteiger partial charge < -0.3 is 24.4 Å². The lowest BCUT2D eigenvalue weighted by Gasteiger charge is -2.19. The number of hydrogen-bond acceptors (Lipinski definition) is 6. The molecule has 31 heavy (non-hydrogen) atoms. The zero-order valence-electron chi connectivity index (χ0n) is 16.8. The summed E-state index contributed by atoms with van der Waals surface area (Å²) in [6.45, 7) is -0.419. The SMILES string of the molecule is COc1ccc(Cl)cc1NC(=O)COC(=O)[C@H]1CC(=O)N(c2cc(Cl)ccc2OC)C1. The Hall–Kier alpha value is -2.97. The van der Waals surface area contributed by atoms with Crippen molar-refractivity contribution in [2.45, 2.75) is 6.42 Å². The van der Waals surface area contributed by atoms with Crippen LogP contribution in [0.15, 0.2) is 36.4 Å². The number of benzene rings is 2. The standard InChI is InChI=1S/C21H20Cl2N2O6/c1-29-17-5-3-13(22)8-15(17)24-19(26)11-31-21(28)12-7-20(27)25(10-12)16-9-14(23)4-6-18(16)30-2/h3-6,8-9,12H,7,10-11H2,1-2H3,(H,24,26)/t12-/m0/s1. The maximum atomic E-state index is 12.5. The van der Waals surface area contributed by atoms with E-state index in [0.717, 1.165) is 0 Å². The van der Waals surface area contributed by atoms with Crippen molar-refractivity contribution in [1.29, 1.82) is 0 Å². The predicted octanol–water partition coefficient (Wildman–Crippen LogP) is 3.55. The van der Waals surface area contributed by atoms with E-state index in [1.807, 2.05) is 0 Å². The van der Waals surface area contributed by atoms with E-state index < -0.39 is 24.4 Å². The largest absolute Gasteiger partial charge is 0.495 e. The van der Waals surface area contributed by atoms with Gasteiger partial charge >= 0.3 is 5.97 Å². The number of carbonyl (C=O) groups excluding carboxylic acids is 3. The van der Waals surface area contributed by atoms with Crippen molar-refractivity contribution in [3.05, 3.63) is 46.4 Å². The van der Waals surface area contributed by atoms with Crippen LogP contribution < -0.4 is 19.7 Å². The molecule has 3 rings (SSSR count). The van der Waals surface area contributed by atoms with Crippen LogP contribution in [0.4, 0.5) is 11.4 Å². The highest BCUT2D eigenvalue weighted by atomic mass is 35.5. The molecule has 2 aromatic rings. The number of amides is 2. The lowest BCUT2D eigenvalue weighted by molar-refractivity contribution is -0.151. The lowest BCUT2D eigenvalue weighted by Crippen LogP contribution is -2.28. The van der Waals surface area contributed by atoms with Gasteiger partial charge in [0.15, 0.2) is 6.61 Å². The van der Waals surface area contributed by atoms with E-state index in [1.165, 1.54) is 25.2 Å². The molecule has 8 nitrogen and oxygen atoms in total. The molecule has 2 aromatic carbocycles. The average molecular weight is 467 g/mol. The summed E-state index contributed by atoms with van der Waals surface area (Å²) in [5.74, 6) is -1.32. The molecule has 1 fully saturated rings. The number of methoxy groups -OCH3 is 2. The molecule has 164 valence electrons. The second-order valence-electron chi connectivity index (χ2n) is 6.72. The van der Waals surface area contributed by atoms with Crippen molar-refractivity contribution in [2.24, 2.45) is 5.92 Å². The number of ether oxygens (including phenoxy) is 3. The fraction of sp³-hybridized carbons (Fsp3) is 0.286. The van der Waals surface area contributed by atoms with Crippen LogP contribution in [0.2, 0.25) is 10.0 Å². The van der Waals surface area contributed by atoms with E-state index in [9.17, 15) is 14.4 Å². The molecular weight excluding hydrogens is 447 g/mol. The Labute approximate surface area is 189 Å². The molecule has 0 aromatic heterocycles. The Morgan fingerprint density at radius 2 is 1.71 bits per heavy atom. The molecule has 0 saturated carbocycles. The van der Waals surface area contributed by atoms with Crippen LogP contribution in [0.1, 0.15) is 6.42 Å². The third-order valence-electron chi connectivity index (χ3n) is 4.67. The minimum atomic E-state index is -0.718. The van der Waals surface area contributed by atoms with Crippen LogP contribution in [-0.2, 0) is 19.1 Å². The van der Waals surface area contributed by atoms with Gasteiger partial charge in [-0.2, -0.15) is 0 Å². The summed E-state index contributed by atoms with van der Waals surface area (Å²) in [5.41, 5.74) is 0.826. The van der Waals surface area contributed by atoms with Gasteiger partial charge in [-0.3, -0.25) is 14.4 Å². The second kappa shape index (κ2) is 9.89. The van der Waals surface area contributed by atoms with Gasteiger partial charge in [0.25, 0.3) is 5.91 Å². The smallest absolute Gasteiger partial charge is 0.311 e.